The van der Waals surface area contributed by atoms with Crippen molar-refractivity contribution >= 4 is 5.91 Å². The summed E-state index contributed by atoms with van der Waals surface area (Å²) in [6, 6.07) is 0. The maximum Gasteiger partial charge on any atom is 0.227 e. The SMILES string of the molecule is CCC(CC)(CN)C(=O)NC(C)(C)C(C)(C)O. The average Bonchev–Trinajstić information content (AvgIpc) is 2.18. The highest BCUT2D eigenvalue weighted by molar-refractivity contribution is 5.83. The summed E-state index contributed by atoms with van der Waals surface area (Å²) in [6.45, 7) is 11.3. The maximum absolute atomic E-state index is 12.3. The van der Waals surface area contributed by atoms with Crippen molar-refractivity contribution in [2.45, 2.75) is 65.5 Å². The molecule has 4 N–H and O–H groups in total. The predicted molar refractivity (Wildman–Crippen MR) is 70.6 cm³/mol. The molecular formula is C13H28N2O2. The normalized spacial score (nSPS) is 13.6. The monoisotopic (exact) mass is 244 g/mol. The first kappa shape index (κ1) is 16.4. The van der Waals surface area contributed by atoms with Crippen LogP contribution in [0.25, 0.3) is 0 Å². The van der Waals surface area contributed by atoms with Crippen LogP contribution >= 0.6 is 0 Å². The molecule has 0 unspecified atom stereocenters. The average molecular weight is 244 g/mol. The fourth-order valence-electron chi connectivity index (χ4n) is 1.52. The smallest absolute Gasteiger partial charge is 0.227 e. The molecule has 0 atom stereocenters. The molecule has 1 amide bonds. The molecule has 0 aromatic rings. The summed E-state index contributed by atoms with van der Waals surface area (Å²) < 4.78 is 0. The van der Waals surface area contributed by atoms with Gasteiger partial charge in [-0.3, -0.25) is 4.79 Å². The van der Waals surface area contributed by atoms with Crippen molar-refractivity contribution in [2.24, 2.45) is 11.1 Å². The van der Waals surface area contributed by atoms with E-state index in [0.29, 0.717) is 19.4 Å². The Morgan fingerprint density at radius 3 is 1.82 bits per heavy atom. The van der Waals surface area contributed by atoms with Crippen LogP contribution < -0.4 is 11.1 Å². The molecular weight excluding hydrogens is 216 g/mol. The fourth-order valence-corrected chi connectivity index (χ4v) is 1.52. The lowest BCUT2D eigenvalue weighted by atomic mass is 9.79. The molecule has 0 aromatic heterocycles. The van der Waals surface area contributed by atoms with Crippen LogP contribution in [0.2, 0.25) is 0 Å². The summed E-state index contributed by atoms with van der Waals surface area (Å²) in [4.78, 5) is 12.3. The third-order valence-electron chi connectivity index (χ3n) is 4.18. The van der Waals surface area contributed by atoms with Gasteiger partial charge in [-0.2, -0.15) is 0 Å². The Labute approximate surface area is 105 Å². The summed E-state index contributed by atoms with van der Waals surface area (Å²) >= 11 is 0. The van der Waals surface area contributed by atoms with Gasteiger partial charge in [-0.15, -0.1) is 0 Å². The van der Waals surface area contributed by atoms with Crippen LogP contribution in [0.15, 0.2) is 0 Å². The Kier molecular flexibility index (Phi) is 5.16. The van der Waals surface area contributed by atoms with E-state index in [-0.39, 0.29) is 5.91 Å². The molecule has 0 radical (unpaired) electrons. The summed E-state index contributed by atoms with van der Waals surface area (Å²) in [7, 11) is 0. The van der Waals surface area contributed by atoms with E-state index in [1.807, 2.05) is 27.7 Å². The summed E-state index contributed by atoms with van der Waals surface area (Å²) in [5, 5.41) is 13.0. The number of nitrogens with one attached hydrogen (secondary N) is 1. The molecule has 0 aliphatic carbocycles. The lowest BCUT2D eigenvalue weighted by Gasteiger charge is -2.41. The second-order valence-electron chi connectivity index (χ2n) is 5.83. The van der Waals surface area contributed by atoms with E-state index in [1.165, 1.54) is 0 Å². The third-order valence-corrected chi connectivity index (χ3v) is 4.18. The van der Waals surface area contributed by atoms with Gasteiger partial charge in [-0.1, -0.05) is 13.8 Å². The zero-order valence-electron chi connectivity index (χ0n) is 12.1. The van der Waals surface area contributed by atoms with Crippen molar-refractivity contribution in [1.29, 1.82) is 0 Å². The Morgan fingerprint density at radius 1 is 1.18 bits per heavy atom. The topological polar surface area (TPSA) is 75.4 Å². The predicted octanol–water partition coefficient (Wildman–Crippen LogP) is 1.42. The summed E-state index contributed by atoms with van der Waals surface area (Å²) in [6.07, 6.45) is 1.40. The van der Waals surface area contributed by atoms with Gasteiger partial charge in [-0.05, 0) is 40.5 Å². The second-order valence-corrected chi connectivity index (χ2v) is 5.83. The van der Waals surface area contributed by atoms with E-state index in [1.54, 1.807) is 13.8 Å². The first-order valence-corrected chi connectivity index (χ1v) is 6.31. The first-order valence-electron chi connectivity index (χ1n) is 6.31. The van der Waals surface area contributed by atoms with Gasteiger partial charge in [0, 0.05) is 6.54 Å². The number of carbonyl (C=O) groups excluding carboxylic acids is 1. The minimum Gasteiger partial charge on any atom is -0.388 e. The second kappa shape index (κ2) is 5.36. The zero-order valence-corrected chi connectivity index (χ0v) is 12.1. The summed E-state index contributed by atoms with van der Waals surface area (Å²) in [5.74, 6) is -0.0721. The zero-order chi connectivity index (χ0) is 13.9. The van der Waals surface area contributed by atoms with Crippen LogP contribution in [0.1, 0.15) is 54.4 Å². The molecule has 0 spiro atoms. The Bertz CT molecular complexity index is 255. The maximum atomic E-state index is 12.3. The molecule has 0 aromatic carbocycles. The molecule has 4 heteroatoms. The van der Waals surface area contributed by atoms with E-state index < -0.39 is 16.6 Å². The number of amides is 1. The van der Waals surface area contributed by atoms with Gasteiger partial charge in [0.1, 0.15) is 0 Å². The lowest BCUT2D eigenvalue weighted by Crippen LogP contribution is -2.61. The van der Waals surface area contributed by atoms with E-state index in [9.17, 15) is 9.90 Å². The van der Waals surface area contributed by atoms with Gasteiger partial charge in [0.05, 0.1) is 16.6 Å². The number of rotatable bonds is 6. The largest absolute Gasteiger partial charge is 0.388 e. The molecule has 0 rings (SSSR count). The van der Waals surface area contributed by atoms with Crippen LogP contribution in [0.5, 0.6) is 0 Å². The number of carbonyl (C=O) groups is 1. The van der Waals surface area contributed by atoms with Crippen molar-refractivity contribution in [1.82, 2.24) is 5.32 Å². The molecule has 4 nitrogen and oxygen atoms in total. The number of hydrogen-bond acceptors (Lipinski definition) is 3. The summed E-state index contributed by atoms with van der Waals surface area (Å²) in [5.41, 5.74) is 3.54. The van der Waals surface area contributed by atoms with E-state index in [2.05, 4.69) is 5.32 Å². The number of aliphatic hydroxyl groups is 1. The van der Waals surface area contributed by atoms with Crippen LogP contribution in [0.3, 0.4) is 0 Å². The van der Waals surface area contributed by atoms with E-state index in [0.717, 1.165) is 0 Å². The molecule has 0 bridgehead atoms. The van der Waals surface area contributed by atoms with E-state index in [4.69, 9.17) is 5.73 Å². The molecule has 102 valence electrons. The quantitative estimate of drug-likeness (QED) is 0.661. The Balaban J connectivity index is 4.97. The van der Waals surface area contributed by atoms with Crippen LogP contribution in [0.4, 0.5) is 0 Å². The van der Waals surface area contributed by atoms with Crippen molar-refractivity contribution in [3.63, 3.8) is 0 Å². The van der Waals surface area contributed by atoms with Gasteiger partial charge in [0.25, 0.3) is 0 Å². The van der Waals surface area contributed by atoms with Gasteiger partial charge < -0.3 is 16.2 Å². The van der Waals surface area contributed by atoms with Crippen molar-refractivity contribution in [2.75, 3.05) is 6.54 Å². The lowest BCUT2D eigenvalue weighted by molar-refractivity contribution is -0.136. The highest BCUT2D eigenvalue weighted by atomic mass is 16.3. The van der Waals surface area contributed by atoms with Gasteiger partial charge in [0.15, 0.2) is 0 Å². The van der Waals surface area contributed by atoms with Crippen LogP contribution in [-0.4, -0.2) is 28.7 Å². The standard InChI is InChI=1S/C13H28N2O2/c1-7-13(8-2,9-14)10(16)15-11(3,4)12(5,6)17/h17H,7-9,14H2,1-6H3,(H,15,16). The molecule has 0 saturated carbocycles. The molecule has 0 aliphatic rings. The van der Waals surface area contributed by atoms with Crippen molar-refractivity contribution < 1.29 is 9.90 Å². The Morgan fingerprint density at radius 2 is 1.59 bits per heavy atom. The minimum atomic E-state index is -0.982. The number of nitrogens with two attached hydrogens (primary N) is 1. The molecule has 0 heterocycles. The van der Waals surface area contributed by atoms with Gasteiger partial charge >= 0.3 is 0 Å². The molecule has 0 saturated heterocycles. The van der Waals surface area contributed by atoms with Gasteiger partial charge in [-0.25, -0.2) is 0 Å². The first-order chi connectivity index (χ1) is 7.56. The van der Waals surface area contributed by atoms with Crippen molar-refractivity contribution in [3.8, 4) is 0 Å². The highest BCUT2D eigenvalue weighted by Crippen LogP contribution is 2.28. The fraction of sp³-hybridized carbons (Fsp3) is 0.923. The Hall–Kier alpha value is -0.610. The van der Waals surface area contributed by atoms with Crippen LogP contribution in [-0.2, 0) is 4.79 Å². The number of hydrogen-bond donors (Lipinski definition) is 3. The molecule has 0 aliphatic heterocycles. The minimum absolute atomic E-state index is 0.0721. The third kappa shape index (κ3) is 3.42. The van der Waals surface area contributed by atoms with Crippen LogP contribution in [0, 0.1) is 5.41 Å². The molecule has 17 heavy (non-hydrogen) atoms. The van der Waals surface area contributed by atoms with Crippen molar-refractivity contribution in [3.05, 3.63) is 0 Å². The van der Waals surface area contributed by atoms with Gasteiger partial charge in [0.2, 0.25) is 5.91 Å². The molecule has 0 fully saturated rings. The highest BCUT2D eigenvalue weighted by Gasteiger charge is 2.41. The van der Waals surface area contributed by atoms with E-state index >= 15 is 0 Å².